The molecule has 0 spiro atoms. The topological polar surface area (TPSA) is 68.7 Å². The van der Waals surface area contributed by atoms with Gasteiger partial charge in [0.2, 0.25) is 5.91 Å². The molecule has 0 aliphatic rings. The van der Waals surface area contributed by atoms with Crippen molar-refractivity contribution in [3.63, 3.8) is 0 Å². The Labute approximate surface area is 147 Å². The summed E-state index contributed by atoms with van der Waals surface area (Å²) in [5.74, 6) is 0.303. The Morgan fingerprint density at radius 2 is 1.88 bits per heavy atom. The van der Waals surface area contributed by atoms with E-state index in [1.807, 2.05) is 42.5 Å². The molecule has 1 aromatic heterocycles. The fourth-order valence-corrected chi connectivity index (χ4v) is 2.26. The number of para-hydroxylation sites is 1. The molecule has 0 aliphatic heterocycles. The molecule has 132 valence electrons. The fourth-order valence-electron chi connectivity index (χ4n) is 2.26. The second-order valence-corrected chi connectivity index (χ2v) is 5.41. The van der Waals surface area contributed by atoms with Crippen LogP contribution in [0.4, 0.5) is 0 Å². The molecule has 0 aliphatic carbocycles. The van der Waals surface area contributed by atoms with Crippen LogP contribution in [0.5, 0.6) is 5.75 Å². The van der Waals surface area contributed by atoms with Gasteiger partial charge in [0.05, 0.1) is 26.6 Å². The number of nitrogens with zero attached hydrogens (tertiary/aromatic N) is 2. The zero-order valence-corrected chi connectivity index (χ0v) is 14.3. The summed E-state index contributed by atoms with van der Waals surface area (Å²) < 4.78 is 10.2. The van der Waals surface area contributed by atoms with E-state index < -0.39 is 0 Å². The van der Waals surface area contributed by atoms with Gasteiger partial charge in [0.25, 0.3) is 0 Å². The molecule has 0 N–H and O–H groups in total. The summed E-state index contributed by atoms with van der Waals surface area (Å²) in [7, 11) is 1.34. The molecule has 0 unspecified atom stereocenters. The Bertz CT molecular complexity index is 662. The molecule has 2 rings (SSSR count). The number of carbonyl (C=O) groups is 2. The van der Waals surface area contributed by atoms with Crippen molar-refractivity contribution in [2.45, 2.75) is 19.4 Å². The van der Waals surface area contributed by atoms with Crippen molar-refractivity contribution >= 4 is 11.9 Å². The van der Waals surface area contributed by atoms with Crippen molar-refractivity contribution in [3.05, 3.63) is 60.4 Å². The summed E-state index contributed by atoms with van der Waals surface area (Å²) in [5.41, 5.74) is 0.907. The van der Waals surface area contributed by atoms with Crippen LogP contribution < -0.4 is 4.74 Å². The highest BCUT2D eigenvalue weighted by Crippen LogP contribution is 2.10. The van der Waals surface area contributed by atoms with Crippen molar-refractivity contribution in [1.82, 2.24) is 9.88 Å². The SMILES string of the molecule is COC(=O)CCN(Cc1cccnc1)C(=O)CCOc1ccccc1. The minimum Gasteiger partial charge on any atom is -0.493 e. The van der Waals surface area contributed by atoms with Crippen LogP contribution in [0, 0.1) is 0 Å². The second kappa shape index (κ2) is 10.1. The first-order valence-electron chi connectivity index (χ1n) is 8.10. The van der Waals surface area contributed by atoms with Gasteiger partial charge in [-0.2, -0.15) is 0 Å². The lowest BCUT2D eigenvalue weighted by atomic mass is 10.2. The highest BCUT2D eigenvalue weighted by molar-refractivity contribution is 5.77. The van der Waals surface area contributed by atoms with Gasteiger partial charge >= 0.3 is 5.97 Å². The Balaban J connectivity index is 1.90. The van der Waals surface area contributed by atoms with Crippen molar-refractivity contribution in [2.24, 2.45) is 0 Å². The zero-order valence-electron chi connectivity index (χ0n) is 14.3. The molecule has 1 amide bonds. The maximum atomic E-state index is 12.5. The molecule has 6 nitrogen and oxygen atoms in total. The van der Waals surface area contributed by atoms with Gasteiger partial charge in [-0.05, 0) is 23.8 Å². The zero-order chi connectivity index (χ0) is 17.9. The average molecular weight is 342 g/mol. The average Bonchev–Trinajstić information content (AvgIpc) is 2.66. The smallest absolute Gasteiger partial charge is 0.307 e. The van der Waals surface area contributed by atoms with Crippen LogP contribution in [0.1, 0.15) is 18.4 Å². The van der Waals surface area contributed by atoms with Gasteiger partial charge in [0.15, 0.2) is 0 Å². The summed E-state index contributed by atoms with van der Waals surface area (Å²) in [6, 6.07) is 13.1. The minimum absolute atomic E-state index is 0.0799. The number of ether oxygens (including phenoxy) is 2. The second-order valence-electron chi connectivity index (χ2n) is 5.41. The third kappa shape index (κ3) is 6.63. The molecule has 0 fully saturated rings. The normalized spacial score (nSPS) is 10.1. The fraction of sp³-hybridized carbons (Fsp3) is 0.316. The third-order valence-electron chi connectivity index (χ3n) is 3.59. The molecule has 0 atom stereocenters. The van der Waals surface area contributed by atoms with E-state index in [0.29, 0.717) is 13.1 Å². The van der Waals surface area contributed by atoms with Gasteiger partial charge in [-0.1, -0.05) is 24.3 Å². The predicted octanol–water partition coefficient (Wildman–Crippen LogP) is 2.44. The summed E-state index contributed by atoms with van der Waals surface area (Å²) in [6.45, 7) is 0.978. The van der Waals surface area contributed by atoms with E-state index in [4.69, 9.17) is 4.74 Å². The molecule has 1 heterocycles. The molecule has 6 heteroatoms. The molecule has 0 radical (unpaired) electrons. The molecule has 25 heavy (non-hydrogen) atoms. The Hall–Kier alpha value is -2.89. The number of methoxy groups -OCH3 is 1. The molecule has 0 bridgehead atoms. The first-order valence-corrected chi connectivity index (χ1v) is 8.10. The van der Waals surface area contributed by atoms with Crippen molar-refractivity contribution in [2.75, 3.05) is 20.3 Å². The largest absolute Gasteiger partial charge is 0.493 e. The third-order valence-corrected chi connectivity index (χ3v) is 3.59. The van der Waals surface area contributed by atoms with Crippen LogP contribution in [0.15, 0.2) is 54.9 Å². The Morgan fingerprint density at radius 3 is 2.56 bits per heavy atom. The maximum Gasteiger partial charge on any atom is 0.307 e. The van der Waals surface area contributed by atoms with E-state index in [2.05, 4.69) is 9.72 Å². The van der Waals surface area contributed by atoms with Crippen molar-refractivity contribution in [1.29, 1.82) is 0 Å². The first-order chi connectivity index (χ1) is 12.2. The summed E-state index contributed by atoms with van der Waals surface area (Å²) in [5, 5.41) is 0. The van der Waals surface area contributed by atoms with Crippen LogP contribution in [-0.2, 0) is 20.9 Å². The van der Waals surface area contributed by atoms with Gasteiger partial charge < -0.3 is 14.4 Å². The molecule has 0 saturated heterocycles. The number of aromatic nitrogens is 1. The summed E-state index contributed by atoms with van der Waals surface area (Å²) >= 11 is 0. The predicted molar refractivity (Wildman–Crippen MR) is 92.8 cm³/mol. The van der Waals surface area contributed by atoms with E-state index >= 15 is 0 Å². The number of hydrogen-bond donors (Lipinski definition) is 0. The molecule has 2 aromatic rings. The van der Waals surface area contributed by atoms with Gasteiger partial charge in [0.1, 0.15) is 5.75 Å². The number of carbonyl (C=O) groups excluding carboxylic acids is 2. The standard InChI is InChI=1S/C19H22N2O4/c1-24-19(23)9-12-21(15-16-6-5-11-20-14-16)18(22)10-13-25-17-7-3-2-4-8-17/h2-8,11,14H,9-10,12-13,15H2,1H3. The number of rotatable bonds is 9. The van der Waals surface area contributed by atoms with E-state index in [1.165, 1.54) is 7.11 Å². The van der Waals surface area contributed by atoms with E-state index in [1.54, 1.807) is 17.3 Å². The number of esters is 1. The lowest BCUT2D eigenvalue weighted by molar-refractivity contribution is -0.142. The van der Waals surface area contributed by atoms with Crippen molar-refractivity contribution in [3.8, 4) is 5.75 Å². The van der Waals surface area contributed by atoms with Gasteiger partial charge in [-0.3, -0.25) is 14.6 Å². The molecule has 0 saturated carbocycles. The van der Waals surface area contributed by atoms with E-state index in [0.717, 1.165) is 11.3 Å². The highest BCUT2D eigenvalue weighted by Gasteiger charge is 2.16. The monoisotopic (exact) mass is 342 g/mol. The van der Waals surface area contributed by atoms with Gasteiger partial charge in [-0.15, -0.1) is 0 Å². The van der Waals surface area contributed by atoms with E-state index in [9.17, 15) is 9.59 Å². The Morgan fingerprint density at radius 1 is 1.08 bits per heavy atom. The first kappa shape index (κ1) is 18.4. The lowest BCUT2D eigenvalue weighted by Gasteiger charge is -2.22. The lowest BCUT2D eigenvalue weighted by Crippen LogP contribution is -2.33. The highest BCUT2D eigenvalue weighted by atomic mass is 16.5. The Kier molecular flexibility index (Phi) is 7.43. The van der Waals surface area contributed by atoms with Gasteiger partial charge in [-0.25, -0.2) is 0 Å². The summed E-state index contributed by atoms with van der Waals surface area (Å²) in [4.78, 5) is 29.6. The van der Waals surface area contributed by atoms with Crippen LogP contribution in [0.3, 0.4) is 0 Å². The van der Waals surface area contributed by atoms with E-state index in [-0.39, 0.29) is 31.3 Å². The molecular formula is C19H22N2O4. The minimum atomic E-state index is -0.343. The molecular weight excluding hydrogens is 320 g/mol. The number of hydrogen-bond acceptors (Lipinski definition) is 5. The van der Waals surface area contributed by atoms with Crippen LogP contribution in [-0.4, -0.2) is 42.0 Å². The number of pyridine rings is 1. The number of amides is 1. The maximum absolute atomic E-state index is 12.5. The molecule has 1 aromatic carbocycles. The summed E-state index contributed by atoms with van der Waals surface area (Å²) in [6.07, 6.45) is 3.77. The van der Waals surface area contributed by atoms with Crippen molar-refractivity contribution < 1.29 is 19.1 Å². The number of benzene rings is 1. The quantitative estimate of drug-likeness (QED) is 0.655. The van der Waals surface area contributed by atoms with Crippen LogP contribution in [0.25, 0.3) is 0 Å². The van der Waals surface area contributed by atoms with Crippen LogP contribution >= 0.6 is 0 Å². The van der Waals surface area contributed by atoms with Crippen LogP contribution in [0.2, 0.25) is 0 Å². The van der Waals surface area contributed by atoms with Gasteiger partial charge in [0, 0.05) is 25.5 Å².